The summed E-state index contributed by atoms with van der Waals surface area (Å²) in [5.74, 6) is -2.76. The highest BCUT2D eigenvalue weighted by Gasteiger charge is 2.36. The molecule has 0 saturated carbocycles. The minimum atomic E-state index is -4.59. The zero-order valence-corrected chi connectivity index (χ0v) is 8.91. The monoisotopic (exact) mass is 251 g/mol. The van der Waals surface area contributed by atoms with E-state index in [-0.39, 0.29) is 0 Å². The third kappa shape index (κ3) is 4.46. The number of carboxylic acids is 1. The van der Waals surface area contributed by atoms with E-state index in [1.807, 2.05) is 0 Å². The molecule has 4 nitrogen and oxygen atoms in total. The van der Waals surface area contributed by atoms with Gasteiger partial charge in [0.05, 0.1) is 0 Å². The summed E-state index contributed by atoms with van der Waals surface area (Å²) in [6, 6.07) is 0. The number of alkyl halides is 3. The van der Waals surface area contributed by atoms with Crippen LogP contribution in [-0.4, -0.2) is 41.1 Å². The van der Waals surface area contributed by atoms with Crippen molar-refractivity contribution in [3.8, 4) is 0 Å². The molecule has 0 radical (unpaired) electrons. The lowest BCUT2D eigenvalue weighted by molar-refractivity contribution is -0.167. The van der Waals surface area contributed by atoms with Gasteiger partial charge in [0.15, 0.2) is 0 Å². The number of amides is 1. The first kappa shape index (κ1) is 13.5. The Balaban J connectivity index is 2.67. The molecule has 17 heavy (non-hydrogen) atoms. The van der Waals surface area contributed by atoms with Gasteiger partial charge in [-0.3, -0.25) is 9.59 Å². The average Bonchev–Trinajstić information content (AvgIpc) is 2.65. The molecule has 0 aromatic heterocycles. The second-order valence-corrected chi connectivity index (χ2v) is 3.84. The molecule has 0 aromatic carbocycles. The molecule has 0 saturated heterocycles. The number of carbonyl (C=O) groups is 2. The van der Waals surface area contributed by atoms with Crippen LogP contribution in [0.3, 0.4) is 0 Å². The van der Waals surface area contributed by atoms with Gasteiger partial charge in [-0.25, -0.2) is 0 Å². The molecule has 96 valence electrons. The fourth-order valence-electron chi connectivity index (χ4n) is 1.67. The molecular formula is C10H12F3NO3. The Morgan fingerprint density at radius 1 is 1.29 bits per heavy atom. The van der Waals surface area contributed by atoms with E-state index in [1.54, 1.807) is 12.2 Å². The van der Waals surface area contributed by atoms with Crippen molar-refractivity contribution < 1.29 is 27.9 Å². The molecule has 0 fully saturated rings. The van der Waals surface area contributed by atoms with Gasteiger partial charge in [-0.15, -0.1) is 0 Å². The second kappa shape index (κ2) is 5.20. The number of rotatable bonds is 4. The summed E-state index contributed by atoms with van der Waals surface area (Å²) >= 11 is 0. The predicted molar refractivity (Wildman–Crippen MR) is 52.1 cm³/mol. The third-order valence-corrected chi connectivity index (χ3v) is 2.37. The fourth-order valence-corrected chi connectivity index (χ4v) is 1.67. The van der Waals surface area contributed by atoms with E-state index < -0.39 is 37.1 Å². The van der Waals surface area contributed by atoms with Crippen molar-refractivity contribution in [2.45, 2.75) is 19.0 Å². The Kier molecular flexibility index (Phi) is 4.14. The van der Waals surface area contributed by atoms with E-state index in [9.17, 15) is 22.8 Å². The van der Waals surface area contributed by atoms with Gasteiger partial charge in [0.25, 0.3) is 0 Å². The van der Waals surface area contributed by atoms with Crippen molar-refractivity contribution in [2.24, 2.45) is 5.92 Å². The molecule has 0 heterocycles. The molecule has 0 aromatic rings. The number of carboxylic acid groups (broad SMARTS) is 1. The quantitative estimate of drug-likeness (QED) is 0.769. The molecule has 1 rings (SSSR count). The number of halogens is 3. The summed E-state index contributed by atoms with van der Waals surface area (Å²) in [6.45, 7) is -2.44. The zero-order valence-electron chi connectivity index (χ0n) is 8.91. The molecule has 1 N–H and O–H groups in total. The molecule has 1 aliphatic carbocycles. The van der Waals surface area contributed by atoms with Crippen LogP contribution in [0.2, 0.25) is 0 Å². The average molecular weight is 251 g/mol. The maximum Gasteiger partial charge on any atom is 0.406 e. The molecule has 1 amide bonds. The van der Waals surface area contributed by atoms with Gasteiger partial charge in [0.2, 0.25) is 5.91 Å². The standard InChI is InChI=1S/C10H12F3NO3/c11-10(12,13)6-14(5-8(15)16)9(17)7-3-1-2-4-7/h1-2,7H,3-6H2,(H,15,16). The zero-order chi connectivity index (χ0) is 13.1. The maximum absolute atomic E-state index is 12.2. The number of hydrogen-bond acceptors (Lipinski definition) is 2. The van der Waals surface area contributed by atoms with Gasteiger partial charge in [-0.2, -0.15) is 13.2 Å². The lowest BCUT2D eigenvalue weighted by Crippen LogP contribution is -2.44. The van der Waals surface area contributed by atoms with Crippen molar-refractivity contribution in [1.29, 1.82) is 0 Å². The Hall–Kier alpha value is -1.53. The van der Waals surface area contributed by atoms with Crippen LogP contribution in [0.1, 0.15) is 12.8 Å². The Labute approximate surface area is 95.7 Å². The molecule has 0 aliphatic heterocycles. The highest BCUT2D eigenvalue weighted by molar-refractivity contribution is 5.83. The van der Waals surface area contributed by atoms with Gasteiger partial charge < -0.3 is 10.0 Å². The smallest absolute Gasteiger partial charge is 0.406 e. The molecule has 0 unspecified atom stereocenters. The molecule has 0 atom stereocenters. The van der Waals surface area contributed by atoms with Gasteiger partial charge in [-0.1, -0.05) is 12.2 Å². The van der Waals surface area contributed by atoms with Crippen molar-refractivity contribution in [3.05, 3.63) is 12.2 Å². The van der Waals surface area contributed by atoms with Crippen molar-refractivity contribution in [1.82, 2.24) is 4.90 Å². The summed E-state index contributed by atoms with van der Waals surface area (Å²) in [5, 5.41) is 8.50. The molecule has 0 bridgehead atoms. The highest BCUT2D eigenvalue weighted by Crippen LogP contribution is 2.23. The van der Waals surface area contributed by atoms with E-state index in [1.165, 1.54) is 0 Å². The lowest BCUT2D eigenvalue weighted by Gasteiger charge is -2.24. The number of nitrogens with zero attached hydrogens (tertiary/aromatic N) is 1. The Bertz CT molecular complexity index is 330. The van der Waals surface area contributed by atoms with Gasteiger partial charge >= 0.3 is 12.1 Å². The summed E-state index contributed by atoms with van der Waals surface area (Å²) in [7, 11) is 0. The van der Waals surface area contributed by atoms with E-state index in [0.29, 0.717) is 17.7 Å². The SMILES string of the molecule is O=C(O)CN(CC(F)(F)F)C(=O)C1CC=CC1. The van der Waals surface area contributed by atoms with Gasteiger partial charge in [-0.05, 0) is 12.8 Å². The van der Waals surface area contributed by atoms with E-state index in [0.717, 1.165) is 0 Å². The summed E-state index contributed by atoms with van der Waals surface area (Å²) < 4.78 is 36.6. The molecule has 7 heteroatoms. The minimum Gasteiger partial charge on any atom is -0.480 e. The van der Waals surface area contributed by atoms with Crippen LogP contribution in [-0.2, 0) is 9.59 Å². The normalized spacial score (nSPS) is 16.2. The van der Waals surface area contributed by atoms with Crippen LogP contribution >= 0.6 is 0 Å². The lowest BCUT2D eigenvalue weighted by atomic mass is 10.1. The fraction of sp³-hybridized carbons (Fsp3) is 0.600. The summed E-state index contributed by atoms with van der Waals surface area (Å²) in [6.07, 6.45) is -0.443. The van der Waals surface area contributed by atoms with Crippen LogP contribution in [0.4, 0.5) is 13.2 Å². The predicted octanol–water partition coefficient (Wildman–Crippen LogP) is 1.43. The molecule has 1 aliphatic rings. The minimum absolute atomic E-state index is 0.347. The third-order valence-electron chi connectivity index (χ3n) is 2.37. The van der Waals surface area contributed by atoms with Crippen LogP contribution in [0.25, 0.3) is 0 Å². The first-order valence-electron chi connectivity index (χ1n) is 5.02. The summed E-state index contributed by atoms with van der Waals surface area (Å²) in [5.41, 5.74) is 0. The Morgan fingerprint density at radius 2 is 1.82 bits per heavy atom. The number of aliphatic carboxylic acids is 1. The maximum atomic E-state index is 12.2. The van der Waals surface area contributed by atoms with E-state index >= 15 is 0 Å². The van der Waals surface area contributed by atoms with Crippen LogP contribution < -0.4 is 0 Å². The van der Waals surface area contributed by atoms with Gasteiger partial charge in [0, 0.05) is 5.92 Å². The van der Waals surface area contributed by atoms with Crippen molar-refractivity contribution in [3.63, 3.8) is 0 Å². The van der Waals surface area contributed by atoms with Crippen molar-refractivity contribution in [2.75, 3.05) is 13.1 Å². The van der Waals surface area contributed by atoms with Crippen LogP contribution in [0.15, 0.2) is 12.2 Å². The topological polar surface area (TPSA) is 57.6 Å². The summed E-state index contributed by atoms with van der Waals surface area (Å²) in [4.78, 5) is 22.5. The van der Waals surface area contributed by atoms with Crippen molar-refractivity contribution >= 4 is 11.9 Å². The number of carbonyl (C=O) groups excluding carboxylic acids is 1. The van der Waals surface area contributed by atoms with E-state index in [4.69, 9.17) is 5.11 Å². The second-order valence-electron chi connectivity index (χ2n) is 3.84. The Morgan fingerprint density at radius 3 is 2.24 bits per heavy atom. The number of allylic oxidation sites excluding steroid dienone is 2. The van der Waals surface area contributed by atoms with Crippen LogP contribution in [0, 0.1) is 5.92 Å². The highest BCUT2D eigenvalue weighted by atomic mass is 19.4. The van der Waals surface area contributed by atoms with Crippen LogP contribution in [0.5, 0.6) is 0 Å². The number of hydrogen-bond donors (Lipinski definition) is 1. The molecular weight excluding hydrogens is 239 g/mol. The van der Waals surface area contributed by atoms with E-state index in [2.05, 4.69) is 0 Å². The first-order chi connectivity index (χ1) is 7.79. The largest absolute Gasteiger partial charge is 0.480 e. The van der Waals surface area contributed by atoms with Gasteiger partial charge in [0.1, 0.15) is 13.1 Å². The first-order valence-corrected chi connectivity index (χ1v) is 5.02. The molecule has 0 spiro atoms.